The molecule has 0 saturated heterocycles. The molecule has 0 aliphatic rings. The van der Waals surface area contributed by atoms with Crippen LogP contribution in [-0.4, -0.2) is 36.3 Å². The Kier molecular flexibility index (Phi) is 7.32. The zero-order valence-electron chi connectivity index (χ0n) is 9.58. The number of hydrogen-bond donors (Lipinski definition) is 1. The Balaban J connectivity index is 3.98. The minimum atomic E-state index is -0.138. The molecule has 0 heterocycles. The van der Waals surface area contributed by atoms with E-state index < -0.39 is 0 Å². The molecule has 0 atom stereocenters. The highest BCUT2D eigenvalue weighted by atomic mass is 16.2. The molecule has 0 aromatic heterocycles. The summed E-state index contributed by atoms with van der Waals surface area (Å²) < 4.78 is 0. The molecule has 4 heteroatoms. The molecule has 0 rings (SSSR count). The Morgan fingerprint density at radius 3 is 2.60 bits per heavy atom. The number of carbonyl (C=O) groups excluding carboxylic acids is 2. The molecule has 0 aromatic rings. The lowest BCUT2D eigenvalue weighted by Crippen LogP contribution is -2.40. The van der Waals surface area contributed by atoms with Gasteiger partial charge in [-0.2, -0.15) is 0 Å². The van der Waals surface area contributed by atoms with Gasteiger partial charge in [-0.25, -0.2) is 0 Å². The zero-order valence-corrected chi connectivity index (χ0v) is 9.58. The molecule has 0 unspecified atom stereocenters. The fraction of sp³-hybridized carbons (Fsp3) is 0.636. The first kappa shape index (κ1) is 13.7. The van der Waals surface area contributed by atoms with E-state index in [-0.39, 0.29) is 18.4 Å². The van der Waals surface area contributed by atoms with Crippen LogP contribution in [0.3, 0.4) is 0 Å². The van der Waals surface area contributed by atoms with Crippen LogP contribution < -0.4 is 5.32 Å². The van der Waals surface area contributed by atoms with Gasteiger partial charge in [-0.15, -0.1) is 6.58 Å². The molecule has 0 aliphatic carbocycles. The molecule has 0 radical (unpaired) electrons. The van der Waals surface area contributed by atoms with Gasteiger partial charge < -0.3 is 10.2 Å². The molecule has 2 amide bonds. The number of amides is 2. The highest BCUT2D eigenvalue weighted by Gasteiger charge is 2.11. The lowest BCUT2D eigenvalue weighted by molar-refractivity contribution is -0.134. The summed E-state index contributed by atoms with van der Waals surface area (Å²) in [7, 11) is 0. The molecule has 0 aliphatic heterocycles. The summed E-state index contributed by atoms with van der Waals surface area (Å²) in [6, 6.07) is 0. The summed E-state index contributed by atoms with van der Waals surface area (Å²) in [5, 5.41) is 2.64. The second-order valence-electron chi connectivity index (χ2n) is 3.39. The van der Waals surface area contributed by atoms with Crippen LogP contribution in [-0.2, 0) is 9.59 Å². The van der Waals surface area contributed by atoms with E-state index in [4.69, 9.17) is 0 Å². The molecule has 0 fully saturated rings. The summed E-state index contributed by atoms with van der Waals surface area (Å²) in [5.41, 5.74) is 0. The van der Waals surface area contributed by atoms with E-state index in [2.05, 4.69) is 18.8 Å². The Morgan fingerprint density at radius 1 is 1.47 bits per heavy atom. The second-order valence-corrected chi connectivity index (χ2v) is 3.39. The van der Waals surface area contributed by atoms with Crippen LogP contribution in [0, 0.1) is 0 Å². The molecular formula is C11H20N2O2. The maximum Gasteiger partial charge on any atom is 0.239 e. The quantitative estimate of drug-likeness (QED) is 0.638. The van der Waals surface area contributed by atoms with Crippen LogP contribution in [0.2, 0.25) is 0 Å². The molecule has 1 N–H and O–H groups in total. The highest BCUT2D eigenvalue weighted by Crippen LogP contribution is 1.95. The van der Waals surface area contributed by atoms with Gasteiger partial charge in [0, 0.05) is 20.0 Å². The van der Waals surface area contributed by atoms with Crippen molar-refractivity contribution in [2.24, 2.45) is 0 Å². The first-order chi connectivity index (χ1) is 7.11. The summed E-state index contributed by atoms with van der Waals surface area (Å²) in [6.07, 6.45) is 3.55. The van der Waals surface area contributed by atoms with Gasteiger partial charge in [0.05, 0.1) is 6.54 Å². The summed E-state index contributed by atoms with van der Waals surface area (Å²) in [5.74, 6) is -0.196. The van der Waals surface area contributed by atoms with E-state index in [1.54, 1.807) is 11.0 Å². The zero-order chi connectivity index (χ0) is 11.7. The predicted molar refractivity (Wildman–Crippen MR) is 60.4 cm³/mol. The number of unbranched alkanes of at least 4 members (excludes halogenated alkanes) is 1. The fourth-order valence-corrected chi connectivity index (χ4v) is 1.11. The molecule has 0 bridgehead atoms. The molecule has 4 nitrogen and oxygen atoms in total. The largest absolute Gasteiger partial charge is 0.351 e. The molecule has 0 spiro atoms. The SMILES string of the molecule is C=CCNC(=O)CN(CCCC)C(C)=O. The number of carbonyl (C=O) groups is 2. The van der Waals surface area contributed by atoms with Gasteiger partial charge >= 0.3 is 0 Å². The van der Waals surface area contributed by atoms with Gasteiger partial charge in [-0.1, -0.05) is 19.4 Å². The van der Waals surface area contributed by atoms with Crippen LogP contribution in [0.5, 0.6) is 0 Å². The van der Waals surface area contributed by atoms with Crippen molar-refractivity contribution in [2.75, 3.05) is 19.6 Å². The maximum absolute atomic E-state index is 11.3. The Labute approximate surface area is 91.3 Å². The normalized spacial score (nSPS) is 9.47. The minimum absolute atomic E-state index is 0.0581. The third-order valence-electron chi connectivity index (χ3n) is 2.00. The Bertz CT molecular complexity index is 227. The van der Waals surface area contributed by atoms with Crippen molar-refractivity contribution < 1.29 is 9.59 Å². The monoisotopic (exact) mass is 212 g/mol. The topological polar surface area (TPSA) is 49.4 Å². The van der Waals surface area contributed by atoms with Crippen LogP contribution in [0.1, 0.15) is 26.7 Å². The van der Waals surface area contributed by atoms with Crippen molar-refractivity contribution in [1.29, 1.82) is 0 Å². The second kappa shape index (κ2) is 8.03. The summed E-state index contributed by atoms with van der Waals surface area (Å²) >= 11 is 0. The van der Waals surface area contributed by atoms with Crippen LogP contribution >= 0.6 is 0 Å². The average Bonchev–Trinajstić information content (AvgIpc) is 2.20. The molecule has 0 aromatic carbocycles. The first-order valence-corrected chi connectivity index (χ1v) is 5.25. The van der Waals surface area contributed by atoms with Gasteiger partial charge in [0.15, 0.2) is 0 Å². The molecular weight excluding hydrogens is 192 g/mol. The number of rotatable bonds is 7. The van der Waals surface area contributed by atoms with E-state index in [9.17, 15) is 9.59 Å². The van der Waals surface area contributed by atoms with Crippen LogP contribution in [0.25, 0.3) is 0 Å². The van der Waals surface area contributed by atoms with Crippen molar-refractivity contribution in [1.82, 2.24) is 10.2 Å². The van der Waals surface area contributed by atoms with Crippen molar-refractivity contribution in [3.63, 3.8) is 0 Å². The Hall–Kier alpha value is -1.32. The van der Waals surface area contributed by atoms with Crippen molar-refractivity contribution in [2.45, 2.75) is 26.7 Å². The van der Waals surface area contributed by atoms with E-state index in [0.29, 0.717) is 13.1 Å². The maximum atomic E-state index is 11.3. The van der Waals surface area contributed by atoms with E-state index in [1.165, 1.54) is 6.92 Å². The van der Waals surface area contributed by atoms with Crippen molar-refractivity contribution in [3.8, 4) is 0 Å². The lowest BCUT2D eigenvalue weighted by Gasteiger charge is -2.19. The third kappa shape index (κ3) is 6.71. The van der Waals surface area contributed by atoms with Crippen LogP contribution in [0.4, 0.5) is 0 Å². The number of nitrogens with one attached hydrogen (secondary N) is 1. The van der Waals surface area contributed by atoms with E-state index >= 15 is 0 Å². The van der Waals surface area contributed by atoms with E-state index in [1.807, 2.05) is 0 Å². The highest BCUT2D eigenvalue weighted by molar-refractivity contribution is 5.83. The van der Waals surface area contributed by atoms with Crippen LogP contribution in [0.15, 0.2) is 12.7 Å². The summed E-state index contributed by atoms with van der Waals surface area (Å²) in [4.78, 5) is 24.1. The summed E-state index contributed by atoms with van der Waals surface area (Å²) in [6.45, 7) is 8.27. The first-order valence-electron chi connectivity index (χ1n) is 5.25. The van der Waals surface area contributed by atoms with Gasteiger partial charge in [0.2, 0.25) is 11.8 Å². The minimum Gasteiger partial charge on any atom is -0.351 e. The standard InChI is InChI=1S/C11H20N2O2/c1-4-6-8-13(10(3)14)9-11(15)12-7-5-2/h5H,2,4,6-9H2,1,3H3,(H,12,15). The smallest absolute Gasteiger partial charge is 0.239 e. The molecule has 86 valence electrons. The third-order valence-corrected chi connectivity index (χ3v) is 2.00. The molecule has 15 heavy (non-hydrogen) atoms. The van der Waals surface area contributed by atoms with Crippen molar-refractivity contribution >= 4 is 11.8 Å². The van der Waals surface area contributed by atoms with Gasteiger partial charge in [0.1, 0.15) is 0 Å². The Morgan fingerprint density at radius 2 is 2.13 bits per heavy atom. The van der Waals surface area contributed by atoms with E-state index in [0.717, 1.165) is 12.8 Å². The fourth-order valence-electron chi connectivity index (χ4n) is 1.11. The lowest BCUT2D eigenvalue weighted by atomic mass is 10.3. The number of nitrogens with zero attached hydrogens (tertiary/aromatic N) is 1. The predicted octanol–water partition coefficient (Wildman–Crippen LogP) is 0.937. The number of hydrogen-bond acceptors (Lipinski definition) is 2. The van der Waals surface area contributed by atoms with Gasteiger partial charge in [-0.05, 0) is 6.42 Å². The molecule has 0 saturated carbocycles. The average molecular weight is 212 g/mol. The van der Waals surface area contributed by atoms with Crippen molar-refractivity contribution in [3.05, 3.63) is 12.7 Å². The van der Waals surface area contributed by atoms with Gasteiger partial charge in [-0.3, -0.25) is 9.59 Å². The van der Waals surface area contributed by atoms with Gasteiger partial charge in [0.25, 0.3) is 0 Å².